The summed E-state index contributed by atoms with van der Waals surface area (Å²) in [5.74, 6) is 0. The van der Waals surface area contributed by atoms with Crippen molar-refractivity contribution >= 4 is 65.9 Å². The molecular formula is C28H38Br2S3. The van der Waals surface area contributed by atoms with Gasteiger partial charge in [-0.15, -0.1) is 34.0 Å². The minimum absolute atomic E-state index is 1.20. The number of hydrogen-bond donors (Lipinski definition) is 0. The van der Waals surface area contributed by atoms with Crippen molar-refractivity contribution < 1.29 is 0 Å². The zero-order chi connectivity index (χ0) is 23.5. The maximum absolute atomic E-state index is 3.76. The van der Waals surface area contributed by atoms with Gasteiger partial charge in [0.25, 0.3) is 0 Å². The van der Waals surface area contributed by atoms with E-state index in [9.17, 15) is 0 Å². The molecule has 0 amide bonds. The Hall–Kier alpha value is 0.0600. The smallest absolute Gasteiger partial charge is 0.0708 e. The summed E-state index contributed by atoms with van der Waals surface area (Å²) in [6.45, 7) is 4.58. The highest BCUT2D eigenvalue weighted by molar-refractivity contribution is 9.11. The first-order valence-electron chi connectivity index (χ1n) is 12.8. The molecule has 0 saturated carbocycles. The lowest BCUT2D eigenvalue weighted by atomic mass is 10.0. The van der Waals surface area contributed by atoms with Crippen LogP contribution in [-0.4, -0.2) is 0 Å². The van der Waals surface area contributed by atoms with Crippen LogP contribution in [-0.2, 0) is 12.8 Å². The van der Waals surface area contributed by atoms with E-state index in [0.717, 1.165) is 0 Å². The van der Waals surface area contributed by atoms with Gasteiger partial charge in [-0.05, 0) is 92.9 Å². The van der Waals surface area contributed by atoms with Gasteiger partial charge < -0.3 is 0 Å². The summed E-state index contributed by atoms with van der Waals surface area (Å²) >= 11 is 13.3. The summed E-state index contributed by atoms with van der Waals surface area (Å²) in [6, 6.07) is 9.42. The molecule has 0 unspecified atom stereocenters. The SMILES string of the molecule is CCCCCCCCc1cc(Br)sc1-c1ccc(-c2sc(Br)cc2CCCCCCCC)s1. The van der Waals surface area contributed by atoms with E-state index < -0.39 is 0 Å². The molecule has 0 atom stereocenters. The number of halogens is 2. The Balaban J connectivity index is 1.63. The lowest BCUT2D eigenvalue weighted by molar-refractivity contribution is 0.608. The summed E-state index contributed by atoms with van der Waals surface area (Å²) in [7, 11) is 0. The van der Waals surface area contributed by atoms with E-state index in [1.165, 1.54) is 128 Å². The predicted molar refractivity (Wildman–Crippen MR) is 161 cm³/mol. The fourth-order valence-corrected chi connectivity index (χ4v) is 9.05. The molecule has 0 saturated heterocycles. The quantitative estimate of drug-likeness (QED) is 0.138. The zero-order valence-corrected chi connectivity index (χ0v) is 25.8. The highest BCUT2D eigenvalue weighted by atomic mass is 79.9. The highest BCUT2D eigenvalue weighted by Crippen LogP contribution is 2.45. The minimum Gasteiger partial charge on any atom is -0.133 e. The molecule has 0 aliphatic carbocycles. The van der Waals surface area contributed by atoms with Gasteiger partial charge in [-0.2, -0.15) is 0 Å². The molecule has 0 aromatic carbocycles. The number of rotatable bonds is 16. The summed E-state index contributed by atoms with van der Waals surface area (Å²) in [4.78, 5) is 5.80. The van der Waals surface area contributed by atoms with Crippen molar-refractivity contribution in [2.75, 3.05) is 0 Å². The first-order chi connectivity index (χ1) is 16.1. The Morgan fingerprint density at radius 1 is 0.545 bits per heavy atom. The van der Waals surface area contributed by atoms with Crippen LogP contribution in [0.25, 0.3) is 19.5 Å². The molecule has 3 heterocycles. The molecule has 3 aromatic heterocycles. The van der Waals surface area contributed by atoms with Crippen LogP contribution >= 0.6 is 65.9 Å². The molecule has 5 heteroatoms. The van der Waals surface area contributed by atoms with Crippen LogP contribution in [0, 0.1) is 0 Å². The maximum atomic E-state index is 3.76. The Morgan fingerprint density at radius 2 is 0.939 bits per heavy atom. The molecule has 0 aliphatic rings. The number of thiophene rings is 3. The normalized spacial score (nSPS) is 11.5. The van der Waals surface area contributed by atoms with E-state index in [2.05, 4.69) is 70.0 Å². The van der Waals surface area contributed by atoms with Gasteiger partial charge >= 0.3 is 0 Å². The highest BCUT2D eigenvalue weighted by Gasteiger charge is 2.16. The van der Waals surface area contributed by atoms with Gasteiger partial charge in [0.1, 0.15) is 0 Å². The standard InChI is InChI=1S/C28H38Br2S3/c1-3-5-7-9-11-13-15-21-19-25(29)32-27(21)23-17-18-24(31-23)28-22(20-26(30)33-28)16-14-12-10-8-6-4-2/h17-20H,3-16H2,1-2H3. The van der Waals surface area contributed by atoms with Crippen molar-refractivity contribution in [2.24, 2.45) is 0 Å². The van der Waals surface area contributed by atoms with Crippen LogP contribution in [0.15, 0.2) is 31.8 Å². The molecule has 0 N–H and O–H groups in total. The first kappa shape index (κ1) is 27.6. The Morgan fingerprint density at radius 3 is 1.36 bits per heavy atom. The lowest BCUT2D eigenvalue weighted by Gasteiger charge is -2.04. The van der Waals surface area contributed by atoms with E-state index >= 15 is 0 Å². The molecule has 0 fully saturated rings. The van der Waals surface area contributed by atoms with Gasteiger partial charge in [-0.3, -0.25) is 0 Å². The van der Waals surface area contributed by atoms with Crippen LogP contribution < -0.4 is 0 Å². The summed E-state index contributed by atoms with van der Waals surface area (Å²) in [6.07, 6.45) is 18.7. The van der Waals surface area contributed by atoms with Gasteiger partial charge in [0.2, 0.25) is 0 Å². The summed E-state index contributed by atoms with van der Waals surface area (Å²) in [5.41, 5.74) is 3.05. The van der Waals surface area contributed by atoms with Gasteiger partial charge in [0.15, 0.2) is 0 Å². The number of unbranched alkanes of at least 4 members (excludes halogenated alkanes) is 10. The van der Waals surface area contributed by atoms with E-state index in [-0.39, 0.29) is 0 Å². The van der Waals surface area contributed by atoms with E-state index in [4.69, 9.17) is 0 Å². The van der Waals surface area contributed by atoms with Crippen molar-refractivity contribution in [1.29, 1.82) is 0 Å². The number of aryl methyl sites for hydroxylation is 2. The fraction of sp³-hybridized carbons (Fsp3) is 0.571. The van der Waals surface area contributed by atoms with Crippen LogP contribution in [0.2, 0.25) is 0 Å². The van der Waals surface area contributed by atoms with Crippen molar-refractivity contribution in [1.82, 2.24) is 0 Å². The van der Waals surface area contributed by atoms with Crippen molar-refractivity contribution in [2.45, 2.75) is 104 Å². The van der Waals surface area contributed by atoms with Gasteiger partial charge in [-0.1, -0.05) is 78.1 Å². The summed E-state index contributed by atoms with van der Waals surface area (Å²) in [5, 5.41) is 0. The lowest BCUT2D eigenvalue weighted by Crippen LogP contribution is -1.86. The molecule has 3 aromatic rings. The van der Waals surface area contributed by atoms with Crippen LogP contribution in [0.5, 0.6) is 0 Å². The minimum atomic E-state index is 1.20. The average Bonchev–Trinajstić information content (AvgIpc) is 3.51. The van der Waals surface area contributed by atoms with Crippen LogP contribution in [0.4, 0.5) is 0 Å². The van der Waals surface area contributed by atoms with Crippen molar-refractivity contribution in [3.8, 4) is 19.5 Å². The molecular weight excluding hydrogens is 592 g/mol. The predicted octanol–water partition coefficient (Wildman–Crippen LogP) is 12.5. The van der Waals surface area contributed by atoms with Crippen molar-refractivity contribution in [3.63, 3.8) is 0 Å². The molecule has 0 spiro atoms. The first-order valence-corrected chi connectivity index (χ1v) is 16.8. The molecule has 182 valence electrons. The Bertz CT molecular complexity index is 876. The Labute approximate surface area is 230 Å². The zero-order valence-electron chi connectivity index (χ0n) is 20.2. The van der Waals surface area contributed by atoms with Gasteiger partial charge in [0, 0.05) is 19.5 Å². The van der Waals surface area contributed by atoms with Gasteiger partial charge in [0.05, 0.1) is 7.57 Å². The largest absolute Gasteiger partial charge is 0.133 e. The van der Waals surface area contributed by atoms with Gasteiger partial charge in [-0.25, -0.2) is 0 Å². The van der Waals surface area contributed by atoms with E-state index in [1.54, 1.807) is 0 Å². The fourth-order valence-electron chi connectivity index (χ4n) is 4.35. The van der Waals surface area contributed by atoms with Crippen molar-refractivity contribution in [3.05, 3.63) is 43.0 Å². The van der Waals surface area contributed by atoms with Crippen LogP contribution in [0.3, 0.4) is 0 Å². The maximum Gasteiger partial charge on any atom is 0.0708 e. The molecule has 0 aliphatic heterocycles. The number of hydrogen-bond acceptors (Lipinski definition) is 3. The molecule has 3 rings (SSSR count). The third-order valence-corrected chi connectivity index (χ3v) is 11.0. The third-order valence-electron chi connectivity index (χ3n) is 6.21. The average molecular weight is 631 g/mol. The third kappa shape index (κ3) is 8.90. The van der Waals surface area contributed by atoms with E-state index in [1.807, 2.05) is 34.0 Å². The molecule has 0 bridgehead atoms. The summed E-state index contributed by atoms with van der Waals surface area (Å²) < 4.78 is 2.52. The monoisotopic (exact) mass is 628 g/mol. The Kier molecular flexibility index (Phi) is 12.8. The van der Waals surface area contributed by atoms with Crippen LogP contribution in [0.1, 0.15) is 102 Å². The molecule has 33 heavy (non-hydrogen) atoms. The molecule has 0 radical (unpaired) electrons. The molecule has 0 nitrogen and oxygen atoms in total. The second kappa shape index (κ2) is 15.2. The van der Waals surface area contributed by atoms with E-state index in [0.29, 0.717) is 0 Å². The second-order valence-corrected chi connectivity index (χ2v) is 15.0. The second-order valence-electron chi connectivity index (χ2n) is 9.01. The topological polar surface area (TPSA) is 0 Å².